The van der Waals surface area contributed by atoms with E-state index in [0.29, 0.717) is 33.8 Å². The van der Waals surface area contributed by atoms with Gasteiger partial charge in [-0.25, -0.2) is 0 Å². The zero-order chi connectivity index (χ0) is 24.3. The van der Waals surface area contributed by atoms with E-state index in [-0.39, 0.29) is 11.4 Å². The Kier molecular flexibility index (Phi) is 7.86. The highest BCUT2D eigenvalue weighted by molar-refractivity contribution is 9.10. The molecule has 2 aromatic carbocycles. The van der Waals surface area contributed by atoms with E-state index in [0.717, 1.165) is 33.4 Å². The summed E-state index contributed by atoms with van der Waals surface area (Å²) in [5.74, 6) is 0.124. The van der Waals surface area contributed by atoms with Crippen LogP contribution in [0.25, 0.3) is 6.08 Å². The summed E-state index contributed by atoms with van der Waals surface area (Å²) in [7, 11) is 1.53. The lowest BCUT2D eigenvalue weighted by molar-refractivity contribution is -0.127. The van der Waals surface area contributed by atoms with Crippen molar-refractivity contribution < 1.29 is 23.9 Å². The fraction of sp³-hybridized carbons (Fsp3) is 0.292. The number of carbonyl (C=O) groups is 3. The number of thioether (sulfide) groups is 1. The summed E-state index contributed by atoms with van der Waals surface area (Å²) >= 11 is 4.27. The number of carbonyl (C=O) groups excluding carboxylic acids is 3. The van der Waals surface area contributed by atoms with Gasteiger partial charge in [-0.3, -0.25) is 19.3 Å². The molecule has 1 aliphatic rings. The van der Waals surface area contributed by atoms with E-state index >= 15 is 0 Å². The molecule has 0 aliphatic carbocycles. The van der Waals surface area contributed by atoms with Crippen LogP contribution in [0.4, 0.5) is 10.5 Å². The number of imide groups is 1. The maximum atomic E-state index is 12.9. The topological polar surface area (TPSA) is 84.9 Å². The van der Waals surface area contributed by atoms with Gasteiger partial charge in [0.2, 0.25) is 5.91 Å². The fourth-order valence-electron chi connectivity index (χ4n) is 3.57. The predicted octanol–water partition coefficient (Wildman–Crippen LogP) is 5.46. The minimum absolute atomic E-state index is 0.224. The second-order valence-corrected chi connectivity index (χ2v) is 9.39. The second-order valence-electron chi connectivity index (χ2n) is 7.55. The van der Waals surface area contributed by atoms with Crippen molar-refractivity contribution in [2.45, 2.75) is 27.7 Å². The van der Waals surface area contributed by atoms with Crippen molar-refractivity contribution in [3.8, 4) is 11.5 Å². The van der Waals surface area contributed by atoms with Crippen LogP contribution in [0.1, 0.15) is 29.2 Å². The highest BCUT2D eigenvalue weighted by atomic mass is 79.9. The summed E-state index contributed by atoms with van der Waals surface area (Å²) in [5, 5.41) is 2.34. The van der Waals surface area contributed by atoms with Crippen molar-refractivity contribution in [2.24, 2.45) is 0 Å². The summed E-state index contributed by atoms with van der Waals surface area (Å²) in [6.45, 7) is 7.78. The van der Waals surface area contributed by atoms with Gasteiger partial charge in [0.05, 0.1) is 18.6 Å². The molecule has 1 saturated heterocycles. The minimum atomic E-state index is -0.516. The Hall–Kier alpha value is -2.78. The number of halogens is 1. The van der Waals surface area contributed by atoms with Gasteiger partial charge in [-0.1, -0.05) is 33.6 Å². The van der Waals surface area contributed by atoms with Gasteiger partial charge in [-0.2, -0.15) is 0 Å². The van der Waals surface area contributed by atoms with Crippen molar-refractivity contribution in [1.82, 2.24) is 4.90 Å². The highest BCUT2D eigenvalue weighted by Gasteiger charge is 2.36. The third-order valence-corrected chi connectivity index (χ3v) is 6.58. The Morgan fingerprint density at radius 3 is 2.39 bits per heavy atom. The molecule has 0 bridgehead atoms. The standard InChI is InChI=1S/C24H25BrN2O5S/c1-6-32-19-11-17(25)16(9-18(19)31-5)10-20-23(29)27(24(30)33-20)12-21(28)26-22-14(3)7-13(2)8-15(22)4/h7-11H,6,12H2,1-5H3,(H,26,28)/b20-10-. The number of nitrogens with one attached hydrogen (secondary N) is 1. The second kappa shape index (κ2) is 10.4. The molecule has 1 aliphatic heterocycles. The van der Waals surface area contributed by atoms with E-state index in [1.54, 1.807) is 18.2 Å². The number of amides is 3. The lowest BCUT2D eigenvalue weighted by Gasteiger charge is -2.16. The molecule has 1 fully saturated rings. The van der Waals surface area contributed by atoms with Gasteiger partial charge < -0.3 is 14.8 Å². The molecule has 0 radical (unpaired) electrons. The Morgan fingerprint density at radius 1 is 1.12 bits per heavy atom. The number of benzene rings is 2. The van der Waals surface area contributed by atoms with E-state index in [1.165, 1.54) is 7.11 Å². The first kappa shape index (κ1) is 24.9. The first-order valence-corrected chi connectivity index (χ1v) is 11.9. The van der Waals surface area contributed by atoms with Gasteiger partial charge in [0.15, 0.2) is 11.5 Å². The molecule has 0 saturated carbocycles. The number of hydrogen-bond donors (Lipinski definition) is 1. The molecular formula is C24H25BrN2O5S. The number of ether oxygens (including phenoxy) is 2. The molecule has 7 nitrogen and oxygen atoms in total. The third-order valence-electron chi connectivity index (χ3n) is 4.99. The molecule has 3 amide bonds. The summed E-state index contributed by atoms with van der Waals surface area (Å²) in [5.41, 5.74) is 4.28. The zero-order valence-electron chi connectivity index (χ0n) is 19.1. The number of anilines is 1. The number of hydrogen-bond acceptors (Lipinski definition) is 6. The molecule has 174 valence electrons. The highest BCUT2D eigenvalue weighted by Crippen LogP contribution is 2.38. The summed E-state index contributed by atoms with van der Waals surface area (Å²) < 4.78 is 11.6. The van der Waals surface area contributed by atoms with E-state index < -0.39 is 17.1 Å². The molecule has 1 heterocycles. The Labute approximate surface area is 205 Å². The Balaban J connectivity index is 1.78. The van der Waals surface area contributed by atoms with Crippen molar-refractivity contribution in [1.29, 1.82) is 0 Å². The van der Waals surface area contributed by atoms with Gasteiger partial charge in [0, 0.05) is 10.2 Å². The Bertz CT molecular complexity index is 1140. The first-order valence-electron chi connectivity index (χ1n) is 10.3. The monoisotopic (exact) mass is 532 g/mol. The molecule has 0 atom stereocenters. The van der Waals surface area contributed by atoms with Crippen LogP contribution in [0.5, 0.6) is 11.5 Å². The van der Waals surface area contributed by atoms with Gasteiger partial charge in [0.1, 0.15) is 6.54 Å². The van der Waals surface area contributed by atoms with E-state index in [4.69, 9.17) is 9.47 Å². The summed E-state index contributed by atoms with van der Waals surface area (Å²) in [6.07, 6.45) is 1.60. The number of methoxy groups -OCH3 is 1. The van der Waals surface area contributed by atoms with E-state index in [9.17, 15) is 14.4 Å². The molecule has 0 aromatic heterocycles. The van der Waals surface area contributed by atoms with Crippen molar-refractivity contribution in [3.63, 3.8) is 0 Å². The Morgan fingerprint density at radius 2 is 1.79 bits per heavy atom. The normalized spacial score (nSPS) is 14.7. The number of rotatable bonds is 7. The predicted molar refractivity (Wildman–Crippen MR) is 134 cm³/mol. The van der Waals surface area contributed by atoms with Crippen molar-refractivity contribution >= 4 is 56.5 Å². The average Bonchev–Trinajstić information content (AvgIpc) is 3.00. The van der Waals surface area contributed by atoms with Gasteiger partial charge in [-0.05, 0) is 74.4 Å². The molecular weight excluding hydrogens is 508 g/mol. The largest absolute Gasteiger partial charge is 0.493 e. The maximum Gasteiger partial charge on any atom is 0.294 e. The fourth-order valence-corrected chi connectivity index (χ4v) is 4.83. The van der Waals surface area contributed by atoms with Crippen LogP contribution in [0.2, 0.25) is 0 Å². The molecule has 2 aromatic rings. The van der Waals surface area contributed by atoms with E-state index in [2.05, 4.69) is 21.2 Å². The third kappa shape index (κ3) is 5.59. The minimum Gasteiger partial charge on any atom is -0.493 e. The summed E-state index contributed by atoms with van der Waals surface area (Å²) in [6, 6.07) is 7.40. The van der Waals surface area contributed by atoms with Gasteiger partial charge in [-0.15, -0.1) is 0 Å². The average molecular weight is 533 g/mol. The smallest absolute Gasteiger partial charge is 0.294 e. The van der Waals surface area contributed by atoms with Crippen molar-refractivity contribution in [3.05, 3.63) is 55.9 Å². The molecule has 0 unspecified atom stereocenters. The van der Waals surface area contributed by atoms with Crippen LogP contribution in [0.3, 0.4) is 0 Å². The molecule has 33 heavy (non-hydrogen) atoms. The van der Waals surface area contributed by atoms with Crippen LogP contribution >= 0.6 is 27.7 Å². The SMILES string of the molecule is CCOc1cc(Br)c(/C=C2\SC(=O)N(CC(=O)Nc3c(C)cc(C)cc3C)C2=O)cc1OC. The lowest BCUT2D eigenvalue weighted by Crippen LogP contribution is -2.36. The van der Waals surface area contributed by atoms with Crippen LogP contribution < -0.4 is 14.8 Å². The van der Waals surface area contributed by atoms with Crippen LogP contribution in [0.15, 0.2) is 33.6 Å². The number of nitrogens with zero attached hydrogens (tertiary/aromatic N) is 1. The summed E-state index contributed by atoms with van der Waals surface area (Å²) in [4.78, 5) is 39.2. The quantitative estimate of drug-likeness (QED) is 0.476. The maximum absolute atomic E-state index is 12.9. The van der Waals surface area contributed by atoms with Crippen molar-refractivity contribution in [2.75, 3.05) is 25.6 Å². The molecule has 0 spiro atoms. The zero-order valence-corrected chi connectivity index (χ0v) is 21.5. The number of aryl methyl sites for hydroxylation is 3. The van der Waals surface area contributed by atoms with E-state index in [1.807, 2.05) is 39.8 Å². The van der Waals surface area contributed by atoms with Gasteiger partial charge >= 0.3 is 0 Å². The first-order chi connectivity index (χ1) is 15.6. The van der Waals surface area contributed by atoms with Crippen LogP contribution in [-0.2, 0) is 9.59 Å². The molecule has 9 heteroatoms. The molecule has 3 rings (SSSR count). The van der Waals surface area contributed by atoms with Crippen LogP contribution in [0, 0.1) is 20.8 Å². The van der Waals surface area contributed by atoms with Crippen LogP contribution in [-0.4, -0.2) is 42.2 Å². The van der Waals surface area contributed by atoms with Gasteiger partial charge in [0.25, 0.3) is 11.1 Å². The lowest BCUT2D eigenvalue weighted by atomic mass is 10.1. The molecule has 1 N–H and O–H groups in total.